The number of thiophene rings is 1. The molecule has 0 aliphatic rings. The number of carbonyl (C=O) groups is 1. The Balaban J connectivity index is 1.73. The molecule has 6 heteroatoms. The van der Waals surface area contributed by atoms with Crippen LogP contribution in [0.1, 0.15) is 22.9 Å². The standard InChI is InChI=1S/C18H20N4OS/c1-4-13-7-5-6-8-14(13)22-15(23)9-19-17-16-11(2)12(3)24-18(16)21-10-20-17/h5-8,10H,4,9H2,1-3H3,(H,22,23)(H,19,20,21). The van der Waals surface area contributed by atoms with Gasteiger partial charge in [0.1, 0.15) is 17.0 Å². The lowest BCUT2D eigenvalue weighted by Crippen LogP contribution is -2.22. The zero-order valence-corrected chi connectivity index (χ0v) is 14.8. The lowest BCUT2D eigenvalue weighted by Gasteiger charge is -2.11. The molecule has 2 N–H and O–H groups in total. The van der Waals surface area contributed by atoms with Crippen molar-refractivity contribution in [3.63, 3.8) is 0 Å². The maximum atomic E-state index is 12.3. The fraction of sp³-hybridized carbons (Fsp3) is 0.278. The number of aryl methyl sites for hydroxylation is 3. The van der Waals surface area contributed by atoms with E-state index in [2.05, 4.69) is 41.4 Å². The summed E-state index contributed by atoms with van der Waals surface area (Å²) >= 11 is 1.64. The molecule has 1 amide bonds. The van der Waals surface area contributed by atoms with Crippen LogP contribution in [0.4, 0.5) is 11.5 Å². The van der Waals surface area contributed by atoms with Gasteiger partial charge in [-0.15, -0.1) is 11.3 Å². The van der Waals surface area contributed by atoms with Gasteiger partial charge in [-0.1, -0.05) is 25.1 Å². The second kappa shape index (κ2) is 6.97. The van der Waals surface area contributed by atoms with E-state index >= 15 is 0 Å². The van der Waals surface area contributed by atoms with E-state index in [9.17, 15) is 4.79 Å². The predicted molar refractivity (Wildman–Crippen MR) is 99.8 cm³/mol. The van der Waals surface area contributed by atoms with E-state index in [-0.39, 0.29) is 12.5 Å². The summed E-state index contributed by atoms with van der Waals surface area (Å²) in [5.41, 5.74) is 3.15. The van der Waals surface area contributed by atoms with E-state index in [0.29, 0.717) is 5.82 Å². The van der Waals surface area contributed by atoms with Crippen molar-refractivity contribution in [2.24, 2.45) is 0 Å². The normalized spacial score (nSPS) is 10.8. The highest BCUT2D eigenvalue weighted by molar-refractivity contribution is 7.18. The molecule has 0 fully saturated rings. The van der Waals surface area contributed by atoms with Crippen LogP contribution in [0.2, 0.25) is 0 Å². The predicted octanol–water partition coefficient (Wildman–Crippen LogP) is 3.92. The molecular weight excluding hydrogens is 320 g/mol. The first-order valence-corrected chi connectivity index (χ1v) is 8.74. The zero-order chi connectivity index (χ0) is 17.1. The van der Waals surface area contributed by atoms with Crippen LogP contribution in [0.3, 0.4) is 0 Å². The maximum absolute atomic E-state index is 12.3. The third-order valence-corrected chi connectivity index (χ3v) is 5.17. The number of amides is 1. The fourth-order valence-corrected chi connectivity index (χ4v) is 3.62. The SMILES string of the molecule is CCc1ccccc1NC(=O)CNc1ncnc2sc(C)c(C)c12. The minimum absolute atomic E-state index is 0.0905. The zero-order valence-electron chi connectivity index (χ0n) is 14.0. The van der Waals surface area contributed by atoms with Crippen LogP contribution in [0.5, 0.6) is 0 Å². The minimum Gasteiger partial charge on any atom is -0.360 e. The maximum Gasteiger partial charge on any atom is 0.243 e. The molecule has 2 aromatic heterocycles. The smallest absolute Gasteiger partial charge is 0.243 e. The van der Waals surface area contributed by atoms with E-state index in [1.165, 1.54) is 11.2 Å². The molecule has 3 rings (SSSR count). The molecule has 5 nitrogen and oxygen atoms in total. The van der Waals surface area contributed by atoms with E-state index in [0.717, 1.165) is 33.5 Å². The van der Waals surface area contributed by atoms with Gasteiger partial charge in [-0.25, -0.2) is 9.97 Å². The Labute approximate surface area is 145 Å². The van der Waals surface area contributed by atoms with Crippen molar-refractivity contribution in [3.8, 4) is 0 Å². The molecule has 0 unspecified atom stereocenters. The monoisotopic (exact) mass is 340 g/mol. The molecule has 0 aliphatic heterocycles. The third kappa shape index (κ3) is 3.23. The summed E-state index contributed by atoms with van der Waals surface area (Å²) in [6.07, 6.45) is 2.41. The van der Waals surface area contributed by atoms with Crippen LogP contribution in [0.25, 0.3) is 10.2 Å². The van der Waals surface area contributed by atoms with Gasteiger partial charge < -0.3 is 10.6 Å². The Kier molecular flexibility index (Phi) is 4.76. The highest BCUT2D eigenvalue weighted by atomic mass is 32.1. The second-order valence-corrected chi connectivity index (χ2v) is 6.80. The van der Waals surface area contributed by atoms with Gasteiger partial charge in [-0.3, -0.25) is 4.79 Å². The number of fused-ring (bicyclic) bond motifs is 1. The second-order valence-electron chi connectivity index (χ2n) is 5.60. The molecule has 0 bridgehead atoms. The summed E-state index contributed by atoms with van der Waals surface area (Å²) in [5.74, 6) is 0.619. The van der Waals surface area contributed by atoms with Gasteiger partial charge in [0.2, 0.25) is 5.91 Å². The van der Waals surface area contributed by atoms with Crippen LogP contribution < -0.4 is 10.6 Å². The Hall–Kier alpha value is -2.47. The summed E-state index contributed by atoms with van der Waals surface area (Å²) in [4.78, 5) is 23.0. The van der Waals surface area contributed by atoms with E-state index in [1.54, 1.807) is 11.3 Å². The molecular formula is C18H20N4OS. The first-order valence-electron chi connectivity index (χ1n) is 7.92. The summed E-state index contributed by atoms with van der Waals surface area (Å²) < 4.78 is 0. The molecule has 0 aliphatic carbocycles. The molecule has 3 aromatic rings. The summed E-state index contributed by atoms with van der Waals surface area (Å²) in [6, 6.07) is 7.85. The lowest BCUT2D eigenvalue weighted by atomic mass is 10.1. The molecule has 24 heavy (non-hydrogen) atoms. The molecule has 2 heterocycles. The number of rotatable bonds is 5. The first-order chi connectivity index (χ1) is 11.6. The third-order valence-electron chi connectivity index (χ3n) is 4.05. The molecule has 0 radical (unpaired) electrons. The molecule has 1 aromatic carbocycles. The van der Waals surface area contributed by atoms with Crippen LogP contribution >= 0.6 is 11.3 Å². The number of anilines is 2. The number of nitrogens with zero attached hydrogens (tertiary/aromatic N) is 2. The fourth-order valence-electron chi connectivity index (χ4n) is 2.63. The number of nitrogens with one attached hydrogen (secondary N) is 2. The average Bonchev–Trinajstić information content (AvgIpc) is 2.88. The number of carbonyl (C=O) groups excluding carboxylic acids is 1. The topological polar surface area (TPSA) is 66.9 Å². The lowest BCUT2D eigenvalue weighted by molar-refractivity contribution is -0.114. The van der Waals surface area contributed by atoms with Gasteiger partial charge in [0.05, 0.1) is 11.9 Å². The van der Waals surface area contributed by atoms with Crippen molar-refractivity contribution < 1.29 is 4.79 Å². The Morgan fingerprint density at radius 1 is 1.21 bits per heavy atom. The van der Waals surface area contributed by atoms with Crippen molar-refractivity contribution in [1.82, 2.24) is 9.97 Å². The van der Waals surface area contributed by atoms with Crippen molar-refractivity contribution in [3.05, 3.63) is 46.6 Å². The van der Waals surface area contributed by atoms with Gasteiger partial charge in [-0.2, -0.15) is 0 Å². The van der Waals surface area contributed by atoms with Gasteiger partial charge in [-0.05, 0) is 37.5 Å². The van der Waals surface area contributed by atoms with Gasteiger partial charge in [0.25, 0.3) is 0 Å². The van der Waals surface area contributed by atoms with Crippen molar-refractivity contribution >= 4 is 39.0 Å². The number of aromatic nitrogens is 2. The molecule has 0 spiro atoms. The Morgan fingerprint density at radius 2 is 2.00 bits per heavy atom. The van der Waals surface area contributed by atoms with Crippen molar-refractivity contribution in [2.75, 3.05) is 17.2 Å². The van der Waals surface area contributed by atoms with Gasteiger partial charge in [0, 0.05) is 10.6 Å². The van der Waals surface area contributed by atoms with E-state index in [4.69, 9.17) is 0 Å². The van der Waals surface area contributed by atoms with Crippen LogP contribution in [0, 0.1) is 13.8 Å². The summed E-state index contributed by atoms with van der Waals surface area (Å²) in [6.45, 7) is 6.36. The van der Waals surface area contributed by atoms with Crippen LogP contribution in [0.15, 0.2) is 30.6 Å². The number of hydrogen-bond acceptors (Lipinski definition) is 5. The highest BCUT2D eigenvalue weighted by Gasteiger charge is 2.13. The van der Waals surface area contributed by atoms with Gasteiger partial charge in [0.15, 0.2) is 0 Å². The minimum atomic E-state index is -0.0905. The molecule has 124 valence electrons. The van der Waals surface area contributed by atoms with Gasteiger partial charge >= 0.3 is 0 Å². The Bertz CT molecular complexity index is 888. The quantitative estimate of drug-likeness (QED) is 0.739. The van der Waals surface area contributed by atoms with Crippen LogP contribution in [-0.2, 0) is 11.2 Å². The molecule has 0 saturated carbocycles. The number of benzene rings is 1. The van der Waals surface area contributed by atoms with E-state index < -0.39 is 0 Å². The molecule has 0 saturated heterocycles. The number of hydrogen-bond donors (Lipinski definition) is 2. The molecule has 0 atom stereocenters. The average molecular weight is 340 g/mol. The van der Waals surface area contributed by atoms with Crippen molar-refractivity contribution in [2.45, 2.75) is 27.2 Å². The number of para-hydroxylation sites is 1. The Morgan fingerprint density at radius 3 is 2.79 bits per heavy atom. The summed E-state index contributed by atoms with van der Waals surface area (Å²) in [5, 5.41) is 7.10. The van der Waals surface area contributed by atoms with Crippen LogP contribution in [-0.4, -0.2) is 22.4 Å². The summed E-state index contributed by atoms with van der Waals surface area (Å²) in [7, 11) is 0. The first kappa shape index (κ1) is 16.4. The van der Waals surface area contributed by atoms with Crippen molar-refractivity contribution in [1.29, 1.82) is 0 Å². The van der Waals surface area contributed by atoms with E-state index in [1.807, 2.05) is 24.3 Å². The largest absolute Gasteiger partial charge is 0.360 e. The highest BCUT2D eigenvalue weighted by Crippen LogP contribution is 2.32.